The normalized spacial score (nSPS) is 14.0. The van der Waals surface area contributed by atoms with Crippen LogP contribution >= 0.6 is 0 Å². The molecular formula is C16H20N4O3. The van der Waals surface area contributed by atoms with Gasteiger partial charge in [-0.1, -0.05) is 0 Å². The smallest absolute Gasteiger partial charge is 0.325 e. The van der Waals surface area contributed by atoms with Gasteiger partial charge in [0.15, 0.2) is 0 Å². The monoisotopic (exact) mass is 316 g/mol. The Morgan fingerprint density at radius 3 is 2.74 bits per heavy atom. The van der Waals surface area contributed by atoms with E-state index in [4.69, 9.17) is 0 Å². The van der Waals surface area contributed by atoms with Crippen LogP contribution in [-0.4, -0.2) is 20.4 Å². The van der Waals surface area contributed by atoms with Crippen molar-refractivity contribution in [3.05, 3.63) is 55.6 Å². The fourth-order valence-electron chi connectivity index (χ4n) is 2.71. The number of nitrogens with zero attached hydrogens (tertiary/aromatic N) is 1. The first-order valence-electron chi connectivity index (χ1n) is 7.71. The van der Waals surface area contributed by atoms with E-state index in [1.54, 1.807) is 0 Å². The second-order valence-corrected chi connectivity index (χ2v) is 6.12. The van der Waals surface area contributed by atoms with Crippen molar-refractivity contribution in [1.29, 1.82) is 0 Å². The molecule has 1 saturated carbocycles. The van der Waals surface area contributed by atoms with E-state index < -0.39 is 11.2 Å². The lowest BCUT2D eigenvalue weighted by molar-refractivity contribution is 0.0950. The van der Waals surface area contributed by atoms with Gasteiger partial charge in [-0.05, 0) is 38.7 Å². The van der Waals surface area contributed by atoms with Crippen LogP contribution in [0.1, 0.15) is 40.2 Å². The van der Waals surface area contributed by atoms with Crippen LogP contribution in [0.25, 0.3) is 0 Å². The molecule has 0 spiro atoms. The Labute approximate surface area is 132 Å². The highest BCUT2D eigenvalue weighted by Crippen LogP contribution is 2.32. The summed E-state index contributed by atoms with van der Waals surface area (Å²) in [6.45, 7) is 4.97. The molecule has 122 valence electrons. The minimum absolute atomic E-state index is 0.0667. The van der Waals surface area contributed by atoms with Crippen LogP contribution < -0.4 is 16.6 Å². The zero-order valence-electron chi connectivity index (χ0n) is 13.2. The summed E-state index contributed by atoms with van der Waals surface area (Å²) in [4.78, 5) is 39.5. The summed E-state index contributed by atoms with van der Waals surface area (Å²) < 4.78 is 2.18. The second kappa shape index (κ2) is 5.91. The molecule has 2 aromatic rings. The van der Waals surface area contributed by atoms with Crippen molar-refractivity contribution >= 4 is 5.91 Å². The Bertz CT molecular complexity index is 855. The van der Waals surface area contributed by atoms with E-state index in [-0.39, 0.29) is 12.5 Å². The third kappa shape index (κ3) is 3.28. The van der Waals surface area contributed by atoms with Crippen molar-refractivity contribution < 1.29 is 4.79 Å². The van der Waals surface area contributed by atoms with Crippen molar-refractivity contribution in [1.82, 2.24) is 19.9 Å². The maximum Gasteiger partial charge on any atom is 0.325 e. The second-order valence-electron chi connectivity index (χ2n) is 6.12. The van der Waals surface area contributed by atoms with Crippen LogP contribution in [0.15, 0.2) is 21.9 Å². The van der Waals surface area contributed by atoms with Gasteiger partial charge in [0.2, 0.25) is 0 Å². The Hall–Kier alpha value is -2.57. The zero-order valence-corrected chi connectivity index (χ0v) is 13.2. The number of carbonyl (C=O) groups is 1. The molecule has 23 heavy (non-hydrogen) atoms. The van der Waals surface area contributed by atoms with Crippen LogP contribution in [0.3, 0.4) is 0 Å². The van der Waals surface area contributed by atoms with E-state index in [0.29, 0.717) is 11.1 Å². The van der Waals surface area contributed by atoms with E-state index in [9.17, 15) is 14.4 Å². The highest BCUT2D eigenvalue weighted by atomic mass is 16.2. The Balaban J connectivity index is 1.73. The summed E-state index contributed by atoms with van der Waals surface area (Å²) in [5, 5.41) is 2.73. The third-order valence-corrected chi connectivity index (χ3v) is 4.29. The summed E-state index contributed by atoms with van der Waals surface area (Å²) in [6, 6.07) is 1.88. The molecule has 0 bridgehead atoms. The topological polar surface area (TPSA) is 99.8 Å². The SMILES string of the molecule is Cc1cc(C(=O)NCc2c[nH]c(=O)[nH]c2=O)c(C)n1CC1CC1. The van der Waals surface area contributed by atoms with Gasteiger partial charge in [-0.2, -0.15) is 0 Å². The minimum Gasteiger partial charge on any atom is -0.348 e. The fourth-order valence-corrected chi connectivity index (χ4v) is 2.71. The average Bonchev–Trinajstić information content (AvgIpc) is 3.27. The van der Waals surface area contributed by atoms with E-state index in [2.05, 4.69) is 19.9 Å². The molecule has 7 nitrogen and oxygen atoms in total. The van der Waals surface area contributed by atoms with E-state index in [0.717, 1.165) is 23.9 Å². The molecule has 3 rings (SSSR count). The zero-order chi connectivity index (χ0) is 16.6. The molecule has 0 atom stereocenters. The van der Waals surface area contributed by atoms with Crippen molar-refractivity contribution in [3.63, 3.8) is 0 Å². The highest BCUT2D eigenvalue weighted by Gasteiger charge is 2.24. The Morgan fingerprint density at radius 1 is 1.35 bits per heavy atom. The summed E-state index contributed by atoms with van der Waals surface area (Å²) in [5.74, 6) is 0.515. The lowest BCUT2D eigenvalue weighted by Crippen LogP contribution is -2.30. The highest BCUT2D eigenvalue weighted by molar-refractivity contribution is 5.95. The molecule has 1 fully saturated rings. The predicted octanol–water partition coefficient (Wildman–Crippen LogP) is 0.822. The standard InChI is InChI=1S/C16H20N4O3/c1-9-5-13(10(2)20(9)8-11-3-4-11)15(22)17-6-12-7-18-16(23)19-14(12)21/h5,7,11H,3-4,6,8H2,1-2H3,(H,17,22)(H2,18,19,21,23). The summed E-state index contributed by atoms with van der Waals surface area (Å²) in [5.41, 5.74) is 1.90. The number of rotatable bonds is 5. The Morgan fingerprint density at radius 2 is 2.09 bits per heavy atom. The first-order chi connectivity index (χ1) is 11.0. The number of aromatic nitrogens is 3. The van der Waals surface area contributed by atoms with Gasteiger partial charge in [0, 0.05) is 30.7 Å². The third-order valence-electron chi connectivity index (χ3n) is 4.29. The fraction of sp³-hybridized carbons (Fsp3) is 0.438. The number of carbonyl (C=O) groups excluding carboxylic acids is 1. The number of amides is 1. The lowest BCUT2D eigenvalue weighted by Gasteiger charge is -2.09. The summed E-state index contributed by atoms with van der Waals surface area (Å²) in [7, 11) is 0. The van der Waals surface area contributed by atoms with Gasteiger partial charge in [-0.3, -0.25) is 14.6 Å². The first-order valence-corrected chi connectivity index (χ1v) is 7.71. The molecule has 2 aromatic heterocycles. The van der Waals surface area contributed by atoms with Gasteiger partial charge >= 0.3 is 5.69 Å². The molecule has 1 amide bonds. The largest absolute Gasteiger partial charge is 0.348 e. The molecular weight excluding hydrogens is 296 g/mol. The van der Waals surface area contributed by atoms with E-state index in [1.165, 1.54) is 19.0 Å². The number of aryl methyl sites for hydroxylation is 1. The number of hydrogen-bond acceptors (Lipinski definition) is 3. The molecule has 1 aliphatic rings. The quantitative estimate of drug-likeness (QED) is 0.761. The molecule has 0 saturated heterocycles. The molecule has 0 unspecified atom stereocenters. The summed E-state index contributed by atoms with van der Waals surface area (Å²) >= 11 is 0. The maximum atomic E-state index is 12.4. The molecule has 0 radical (unpaired) electrons. The number of aromatic amines is 2. The lowest BCUT2D eigenvalue weighted by atomic mass is 10.2. The number of nitrogens with one attached hydrogen (secondary N) is 3. The van der Waals surface area contributed by atoms with Crippen LogP contribution in [0, 0.1) is 19.8 Å². The maximum absolute atomic E-state index is 12.4. The molecule has 3 N–H and O–H groups in total. The first kappa shape index (κ1) is 15.3. The number of H-pyrrole nitrogens is 2. The van der Waals surface area contributed by atoms with Crippen molar-refractivity contribution in [2.45, 2.75) is 39.8 Å². The van der Waals surface area contributed by atoms with E-state index >= 15 is 0 Å². The minimum atomic E-state index is -0.561. The number of hydrogen-bond donors (Lipinski definition) is 3. The molecule has 0 aliphatic heterocycles. The van der Waals surface area contributed by atoms with Crippen LogP contribution in [0.4, 0.5) is 0 Å². The van der Waals surface area contributed by atoms with Gasteiger partial charge in [-0.25, -0.2) is 4.79 Å². The Kier molecular flexibility index (Phi) is 3.94. The van der Waals surface area contributed by atoms with Crippen molar-refractivity contribution in [2.75, 3.05) is 0 Å². The van der Waals surface area contributed by atoms with Crippen LogP contribution in [0.2, 0.25) is 0 Å². The molecule has 2 heterocycles. The summed E-state index contributed by atoms with van der Waals surface area (Å²) in [6.07, 6.45) is 3.83. The molecule has 1 aliphatic carbocycles. The molecule has 0 aromatic carbocycles. The van der Waals surface area contributed by atoms with Crippen molar-refractivity contribution in [3.8, 4) is 0 Å². The van der Waals surface area contributed by atoms with Gasteiger partial charge < -0.3 is 14.9 Å². The van der Waals surface area contributed by atoms with Crippen LogP contribution in [-0.2, 0) is 13.1 Å². The average molecular weight is 316 g/mol. The van der Waals surface area contributed by atoms with Crippen LogP contribution in [0.5, 0.6) is 0 Å². The van der Waals surface area contributed by atoms with Gasteiger partial charge in [-0.15, -0.1) is 0 Å². The molecule has 7 heteroatoms. The van der Waals surface area contributed by atoms with E-state index in [1.807, 2.05) is 19.9 Å². The van der Waals surface area contributed by atoms with Gasteiger partial charge in [0.05, 0.1) is 11.1 Å². The predicted molar refractivity (Wildman–Crippen MR) is 85.5 cm³/mol. The van der Waals surface area contributed by atoms with Crippen molar-refractivity contribution in [2.24, 2.45) is 5.92 Å². The van der Waals surface area contributed by atoms with Gasteiger partial charge in [0.25, 0.3) is 11.5 Å². The van der Waals surface area contributed by atoms with Gasteiger partial charge in [0.1, 0.15) is 0 Å².